The van der Waals surface area contributed by atoms with Crippen molar-refractivity contribution < 1.29 is 32.3 Å². The quantitative estimate of drug-likeness (QED) is 0.416. The molecule has 1 aliphatic heterocycles. The highest BCUT2D eigenvalue weighted by molar-refractivity contribution is 8.26. The fourth-order valence-electron chi connectivity index (χ4n) is 2.94. The van der Waals surface area contributed by atoms with Crippen LogP contribution in [0.5, 0.6) is 0 Å². The van der Waals surface area contributed by atoms with Crippen LogP contribution in [0.3, 0.4) is 0 Å². The third kappa shape index (κ3) is 5.56. The highest BCUT2D eigenvalue weighted by atomic mass is 32.2. The van der Waals surface area contributed by atoms with Crippen LogP contribution in [0.2, 0.25) is 0 Å². The monoisotopic (exact) mass is 469 g/mol. The van der Waals surface area contributed by atoms with Gasteiger partial charge < -0.3 is 9.52 Å². The second-order valence-corrected chi connectivity index (χ2v) is 8.67. The molecule has 31 heavy (non-hydrogen) atoms. The van der Waals surface area contributed by atoms with Gasteiger partial charge in [-0.1, -0.05) is 43.0 Å². The van der Waals surface area contributed by atoms with Crippen LogP contribution in [0, 0.1) is 5.92 Å². The van der Waals surface area contributed by atoms with E-state index >= 15 is 0 Å². The van der Waals surface area contributed by atoms with Crippen molar-refractivity contribution in [2.45, 2.75) is 25.9 Å². The number of carboxylic acids is 1. The van der Waals surface area contributed by atoms with E-state index in [0.29, 0.717) is 34.4 Å². The average Bonchev–Trinajstić information content (AvgIpc) is 3.27. The van der Waals surface area contributed by atoms with Crippen LogP contribution in [0.25, 0.3) is 17.4 Å². The predicted molar refractivity (Wildman–Crippen MR) is 115 cm³/mol. The van der Waals surface area contributed by atoms with Crippen molar-refractivity contribution in [3.05, 3.63) is 52.6 Å². The zero-order chi connectivity index (χ0) is 22.8. The Balaban J connectivity index is 1.71. The minimum atomic E-state index is -4.46. The molecule has 1 aliphatic rings. The zero-order valence-electron chi connectivity index (χ0n) is 16.3. The lowest BCUT2D eigenvalue weighted by molar-refractivity contribution is -0.141. The van der Waals surface area contributed by atoms with Crippen LogP contribution in [-0.2, 0) is 15.8 Å². The molecular weight excluding hydrogens is 451 g/mol. The lowest BCUT2D eigenvalue weighted by Gasteiger charge is -2.15. The van der Waals surface area contributed by atoms with Gasteiger partial charge in [-0.05, 0) is 37.1 Å². The molecule has 3 rings (SSSR count). The van der Waals surface area contributed by atoms with Gasteiger partial charge in [0.15, 0.2) is 0 Å². The number of nitrogens with zero attached hydrogens (tertiary/aromatic N) is 1. The molecule has 0 bridgehead atoms. The summed E-state index contributed by atoms with van der Waals surface area (Å²) < 4.78 is 44.8. The highest BCUT2D eigenvalue weighted by Gasteiger charge is 2.32. The van der Waals surface area contributed by atoms with Gasteiger partial charge in [0.2, 0.25) is 0 Å². The maximum atomic E-state index is 12.9. The Hall–Kier alpha value is -2.59. The summed E-state index contributed by atoms with van der Waals surface area (Å²) in [4.78, 5) is 25.3. The fraction of sp³-hybridized carbons (Fsp3) is 0.286. The molecule has 1 aromatic heterocycles. The molecule has 5 nitrogen and oxygen atoms in total. The molecule has 164 valence electrons. The van der Waals surface area contributed by atoms with Crippen LogP contribution in [0.1, 0.15) is 31.1 Å². The maximum Gasteiger partial charge on any atom is 0.416 e. The normalized spacial score (nSPS) is 16.9. The number of hydrogen-bond donors (Lipinski definition) is 1. The Kier molecular flexibility index (Phi) is 6.90. The number of thioether (sulfide) groups is 1. The first-order valence-corrected chi connectivity index (χ1v) is 10.5. The van der Waals surface area contributed by atoms with E-state index in [2.05, 4.69) is 0 Å². The van der Waals surface area contributed by atoms with Crippen molar-refractivity contribution in [3.63, 3.8) is 0 Å². The van der Waals surface area contributed by atoms with Gasteiger partial charge in [-0.15, -0.1) is 0 Å². The summed E-state index contributed by atoms with van der Waals surface area (Å²) >= 11 is 6.34. The van der Waals surface area contributed by atoms with E-state index in [-0.39, 0.29) is 17.2 Å². The number of alkyl halides is 3. The predicted octanol–water partition coefficient (Wildman–Crippen LogP) is 5.67. The number of benzene rings is 1. The minimum absolute atomic E-state index is 0.246. The van der Waals surface area contributed by atoms with Gasteiger partial charge in [0.05, 0.1) is 16.4 Å². The van der Waals surface area contributed by atoms with Crippen molar-refractivity contribution >= 4 is 46.3 Å². The summed E-state index contributed by atoms with van der Waals surface area (Å²) in [6, 6.07) is 7.90. The van der Waals surface area contributed by atoms with E-state index in [4.69, 9.17) is 21.7 Å². The summed E-state index contributed by atoms with van der Waals surface area (Å²) in [5.41, 5.74) is -0.504. The van der Waals surface area contributed by atoms with Crippen LogP contribution in [-0.4, -0.2) is 32.7 Å². The Morgan fingerprint density at radius 3 is 2.74 bits per heavy atom. The molecule has 1 fully saturated rings. The third-order valence-electron chi connectivity index (χ3n) is 4.69. The van der Waals surface area contributed by atoms with Gasteiger partial charge in [-0.2, -0.15) is 13.2 Å². The van der Waals surface area contributed by atoms with Crippen molar-refractivity contribution in [3.8, 4) is 11.3 Å². The fourth-order valence-corrected chi connectivity index (χ4v) is 4.22. The molecule has 0 spiro atoms. The summed E-state index contributed by atoms with van der Waals surface area (Å²) in [5.74, 6) is -1.15. The Morgan fingerprint density at radius 1 is 1.32 bits per heavy atom. The Bertz CT molecular complexity index is 1050. The van der Waals surface area contributed by atoms with E-state index in [0.717, 1.165) is 23.9 Å². The zero-order valence-corrected chi connectivity index (χ0v) is 17.9. The molecule has 1 atom stereocenters. The molecule has 2 heterocycles. The standard InChI is InChI=1S/C21H18F3NO4S2/c1-12(19(27)28)4-3-9-25-18(26)17(31-20(25)30)11-15-7-8-16(29-15)13-5-2-6-14(10-13)21(22,23)24/h2,5-8,10-12H,3-4,9H2,1H3,(H,27,28). The van der Waals surface area contributed by atoms with Crippen molar-refractivity contribution in [2.75, 3.05) is 6.54 Å². The number of carbonyl (C=O) groups excluding carboxylic acids is 1. The molecule has 1 aromatic carbocycles. The van der Waals surface area contributed by atoms with Crippen LogP contribution >= 0.6 is 24.0 Å². The summed E-state index contributed by atoms with van der Waals surface area (Å²) in [6.45, 7) is 1.92. The maximum absolute atomic E-state index is 12.9. The molecule has 1 saturated heterocycles. The molecule has 10 heteroatoms. The first kappa shape index (κ1) is 23.1. The Morgan fingerprint density at radius 2 is 2.06 bits per heavy atom. The van der Waals surface area contributed by atoms with Crippen molar-refractivity contribution in [1.82, 2.24) is 4.90 Å². The van der Waals surface area contributed by atoms with Gasteiger partial charge in [0.1, 0.15) is 15.8 Å². The summed E-state index contributed by atoms with van der Waals surface area (Å²) in [6.07, 6.45) is -2.05. The molecule has 0 radical (unpaired) electrons. The second-order valence-electron chi connectivity index (χ2n) is 7.00. The van der Waals surface area contributed by atoms with E-state index in [1.807, 2.05) is 0 Å². The lowest BCUT2D eigenvalue weighted by atomic mass is 10.1. The van der Waals surface area contributed by atoms with Crippen LogP contribution in [0.15, 0.2) is 45.7 Å². The summed E-state index contributed by atoms with van der Waals surface area (Å²) in [7, 11) is 0. The first-order chi connectivity index (χ1) is 14.6. The van der Waals surface area contributed by atoms with Gasteiger partial charge in [0, 0.05) is 18.2 Å². The number of hydrogen-bond acceptors (Lipinski definition) is 5. The van der Waals surface area contributed by atoms with E-state index in [1.54, 1.807) is 13.0 Å². The first-order valence-electron chi connectivity index (χ1n) is 9.32. The van der Waals surface area contributed by atoms with E-state index < -0.39 is 23.6 Å². The molecular formula is C21H18F3NO4S2. The average molecular weight is 470 g/mol. The van der Waals surface area contributed by atoms with Gasteiger partial charge >= 0.3 is 12.1 Å². The molecule has 1 amide bonds. The number of aliphatic carboxylic acids is 1. The third-order valence-corrected chi connectivity index (χ3v) is 6.07. The van der Waals surface area contributed by atoms with E-state index in [1.165, 1.54) is 29.2 Å². The smallest absolute Gasteiger partial charge is 0.416 e. The molecule has 0 saturated carbocycles. The molecule has 0 aliphatic carbocycles. The van der Waals surface area contributed by atoms with Crippen molar-refractivity contribution in [2.24, 2.45) is 5.92 Å². The number of amides is 1. The van der Waals surface area contributed by atoms with Crippen LogP contribution < -0.4 is 0 Å². The van der Waals surface area contributed by atoms with Crippen molar-refractivity contribution in [1.29, 1.82) is 0 Å². The highest BCUT2D eigenvalue weighted by Crippen LogP contribution is 2.35. The number of thiocarbonyl (C=S) groups is 1. The van der Waals surface area contributed by atoms with Gasteiger partial charge in [0.25, 0.3) is 5.91 Å². The molecule has 1 unspecified atom stereocenters. The summed E-state index contributed by atoms with van der Waals surface area (Å²) in [5, 5.41) is 8.94. The minimum Gasteiger partial charge on any atom is -0.481 e. The van der Waals surface area contributed by atoms with Gasteiger partial charge in [-0.3, -0.25) is 14.5 Å². The number of carboxylic acid groups (broad SMARTS) is 1. The Labute approximate surface area is 185 Å². The number of halogens is 3. The van der Waals surface area contributed by atoms with Gasteiger partial charge in [-0.25, -0.2) is 0 Å². The molecule has 2 aromatic rings. The number of furan rings is 1. The molecule has 1 N–H and O–H groups in total. The second kappa shape index (κ2) is 9.27. The number of rotatable bonds is 7. The topological polar surface area (TPSA) is 70.8 Å². The van der Waals surface area contributed by atoms with Crippen LogP contribution in [0.4, 0.5) is 13.2 Å². The van der Waals surface area contributed by atoms with E-state index in [9.17, 15) is 22.8 Å². The number of carbonyl (C=O) groups is 2. The SMILES string of the molecule is CC(CCCN1C(=O)C(=Cc2ccc(-c3cccc(C(F)(F)F)c3)o2)SC1=S)C(=O)O. The largest absolute Gasteiger partial charge is 0.481 e. The lowest BCUT2D eigenvalue weighted by Crippen LogP contribution is -2.29.